The lowest BCUT2D eigenvalue weighted by atomic mass is 10.6. The minimum Gasteiger partial charge on any atom is -0.411 e. The predicted molar refractivity (Wildman–Crippen MR) is 31.7 cm³/mol. The maximum absolute atomic E-state index is 7.89. The Balaban J connectivity index is 3.66. The summed E-state index contributed by atoms with van der Waals surface area (Å²) in [5.41, 5.74) is 0. The van der Waals surface area contributed by atoms with Gasteiger partial charge in [0, 0.05) is 14.1 Å². The van der Waals surface area contributed by atoms with E-state index in [1.165, 1.54) is 4.90 Å². The molecule has 0 aromatic rings. The van der Waals surface area contributed by atoms with E-state index in [2.05, 4.69) is 5.16 Å². The zero-order valence-corrected chi connectivity index (χ0v) is 4.92. The van der Waals surface area contributed by atoms with Gasteiger partial charge in [-0.3, -0.25) is 5.41 Å². The summed E-state index contributed by atoms with van der Waals surface area (Å²) in [4.78, 5) is 1.53. The van der Waals surface area contributed by atoms with Gasteiger partial charge in [-0.25, -0.2) is 0 Å². The third-order valence-electron chi connectivity index (χ3n) is 0.662. The summed E-state index contributed by atoms with van der Waals surface area (Å²) in [7, 11) is 3.40. The number of nitrogens with zero attached hydrogens (tertiary/aromatic N) is 2. The lowest BCUT2D eigenvalue weighted by Crippen LogP contribution is -2.21. The third-order valence-corrected chi connectivity index (χ3v) is 0.662. The van der Waals surface area contributed by atoms with Gasteiger partial charge in [-0.05, 0) is 0 Å². The van der Waals surface area contributed by atoms with Crippen molar-refractivity contribution < 1.29 is 5.21 Å². The minimum atomic E-state index is 0.174. The monoisotopic (exact) mass is 115 g/mol. The van der Waals surface area contributed by atoms with Gasteiger partial charge < -0.3 is 10.1 Å². The molecule has 0 saturated carbocycles. The fourth-order valence-electron chi connectivity index (χ4n) is 0.170. The van der Waals surface area contributed by atoms with Crippen molar-refractivity contribution in [2.75, 3.05) is 14.1 Å². The van der Waals surface area contributed by atoms with E-state index < -0.39 is 0 Å². The number of rotatable bonds is 1. The van der Waals surface area contributed by atoms with E-state index in [0.717, 1.165) is 6.21 Å². The molecule has 0 heterocycles. The molecular formula is C4H9N3O. The molecule has 0 spiro atoms. The van der Waals surface area contributed by atoms with E-state index in [0.29, 0.717) is 0 Å². The first-order chi connectivity index (χ1) is 3.68. The van der Waals surface area contributed by atoms with Gasteiger partial charge in [0.05, 0.1) is 0 Å². The van der Waals surface area contributed by atoms with E-state index in [-0.39, 0.29) is 5.84 Å². The van der Waals surface area contributed by atoms with Crippen molar-refractivity contribution in [3.05, 3.63) is 0 Å². The van der Waals surface area contributed by atoms with E-state index >= 15 is 0 Å². The maximum atomic E-state index is 7.89. The van der Waals surface area contributed by atoms with Crippen molar-refractivity contribution >= 4 is 12.1 Å². The van der Waals surface area contributed by atoms with E-state index in [1.807, 2.05) is 0 Å². The molecule has 0 unspecified atom stereocenters. The Hall–Kier alpha value is -1.06. The van der Waals surface area contributed by atoms with Gasteiger partial charge in [-0.15, -0.1) is 0 Å². The highest BCUT2D eigenvalue weighted by Gasteiger charge is 1.90. The summed E-state index contributed by atoms with van der Waals surface area (Å²) in [6.45, 7) is 0. The summed E-state index contributed by atoms with van der Waals surface area (Å²) in [6, 6.07) is 0. The summed E-state index contributed by atoms with van der Waals surface area (Å²) in [5.74, 6) is 0.174. The second-order valence-corrected chi connectivity index (χ2v) is 1.52. The van der Waals surface area contributed by atoms with Crippen LogP contribution in [0.2, 0.25) is 0 Å². The van der Waals surface area contributed by atoms with Gasteiger partial charge in [0.2, 0.25) is 0 Å². The fourth-order valence-corrected chi connectivity index (χ4v) is 0.170. The Morgan fingerprint density at radius 3 is 2.38 bits per heavy atom. The van der Waals surface area contributed by atoms with E-state index in [9.17, 15) is 0 Å². The topological polar surface area (TPSA) is 59.7 Å². The molecule has 4 heteroatoms. The maximum Gasteiger partial charge on any atom is 0.142 e. The Morgan fingerprint density at radius 1 is 1.75 bits per heavy atom. The Kier molecular flexibility index (Phi) is 2.61. The minimum absolute atomic E-state index is 0.174. The Bertz CT molecular complexity index is 108. The highest BCUT2D eigenvalue weighted by Crippen LogP contribution is 1.71. The molecule has 0 atom stereocenters. The Morgan fingerprint density at radius 2 is 2.25 bits per heavy atom. The number of hydrogen-bond donors (Lipinski definition) is 2. The first-order valence-electron chi connectivity index (χ1n) is 2.11. The molecule has 0 aromatic carbocycles. The van der Waals surface area contributed by atoms with Crippen molar-refractivity contribution in [2.24, 2.45) is 5.16 Å². The lowest BCUT2D eigenvalue weighted by Gasteiger charge is -2.06. The molecule has 8 heavy (non-hydrogen) atoms. The standard InChI is InChI=1S/C4H9N3O/c1-7(2)4(5)3-6-8/h3,5,8H,1-2H3. The number of amidine groups is 1. The van der Waals surface area contributed by atoms with Crippen LogP contribution in [0.5, 0.6) is 0 Å². The molecule has 46 valence electrons. The SMILES string of the molecule is CN(C)C(=N)C=NO. The molecule has 2 N–H and O–H groups in total. The molecule has 0 amide bonds. The summed E-state index contributed by atoms with van der Waals surface area (Å²) >= 11 is 0. The van der Waals surface area contributed by atoms with Crippen LogP contribution in [0.3, 0.4) is 0 Å². The zero-order chi connectivity index (χ0) is 6.57. The van der Waals surface area contributed by atoms with Gasteiger partial charge in [0.25, 0.3) is 0 Å². The third kappa shape index (κ3) is 2.17. The second kappa shape index (κ2) is 3.01. The number of hydrogen-bond acceptors (Lipinski definition) is 3. The van der Waals surface area contributed by atoms with Crippen molar-refractivity contribution in [1.29, 1.82) is 5.41 Å². The molecule has 0 radical (unpaired) electrons. The largest absolute Gasteiger partial charge is 0.411 e. The molecule has 0 rings (SSSR count). The van der Waals surface area contributed by atoms with Crippen LogP contribution in [0, 0.1) is 5.41 Å². The van der Waals surface area contributed by atoms with Gasteiger partial charge in [-0.2, -0.15) is 0 Å². The average Bonchev–Trinajstić information content (AvgIpc) is 1.67. The van der Waals surface area contributed by atoms with Crippen molar-refractivity contribution in [2.45, 2.75) is 0 Å². The van der Waals surface area contributed by atoms with Gasteiger partial charge >= 0.3 is 0 Å². The molecule has 0 aliphatic heterocycles. The first kappa shape index (κ1) is 6.94. The van der Waals surface area contributed by atoms with E-state index in [4.69, 9.17) is 10.6 Å². The molecule has 4 nitrogen and oxygen atoms in total. The van der Waals surface area contributed by atoms with Crippen molar-refractivity contribution in [1.82, 2.24) is 4.90 Å². The van der Waals surface area contributed by atoms with Crippen LogP contribution in [0.15, 0.2) is 5.16 Å². The smallest absolute Gasteiger partial charge is 0.142 e. The van der Waals surface area contributed by atoms with Crippen molar-refractivity contribution in [3.63, 3.8) is 0 Å². The van der Waals surface area contributed by atoms with Crippen LogP contribution in [-0.4, -0.2) is 36.3 Å². The van der Waals surface area contributed by atoms with Crippen LogP contribution in [0.25, 0.3) is 0 Å². The highest BCUT2D eigenvalue weighted by molar-refractivity contribution is 6.27. The van der Waals surface area contributed by atoms with E-state index in [1.54, 1.807) is 14.1 Å². The summed E-state index contributed by atoms with van der Waals surface area (Å²) in [5, 5.41) is 17.5. The van der Waals surface area contributed by atoms with Crippen LogP contribution in [-0.2, 0) is 0 Å². The highest BCUT2D eigenvalue weighted by atomic mass is 16.4. The zero-order valence-electron chi connectivity index (χ0n) is 4.92. The molecule has 0 bridgehead atoms. The number of nitrogens with one attached hydrogen (secondary N) is 1. The molecule has 0 fully saturated rings. The van der Waals surface area contributed by atoms with Gasteiger partial charge in [-0.1, -0.05) is 5.16 Å². The predicted octanol–water partition coefficient (Wildman–Crippen LogP) is -0.0147. The summed E-state index contributed by atoms with van der Waals surface area (Å²) < 4.78 is 0. The second-order valence-electron chi connectivity index (χ2n) is 1.52. The quantitative estimate of drug-likeness (QED) is 0.218. The first-order valence-corrected chi connectivity index (χ1v) is 2.11. The van der Waals surface area contributed by atoms with Gasteiger partial charge in [0.1, 0.15) is 12.1 Å². The molecule has 0 aliphatic rings. The van der Waals surface area contributed by atoms with Crippen molar-refractivity contribution in [3.8, 4) is 0 Å². The molecule has 0 aliphatic carbocycles. The van der Waals surface area contributed by atoms with Crippen LogP contribution >= 0.6 is 0 Å². The lowest BCUT2D eigenvalue weighted by molar-refractivity contribution is 0.322. The van der Waals surface area contributed by atoms with Gasteiger partial charge in [0.15, 0.2) is 0 Å². The molecule has 0 saturated heterocycles. The van der Waals surface area contributed by atoms with Crippen LogP contribution < -0.4 is 0 Å². The molecule has 0 aromatic heterocycles. The Labute approximate surface area is 47.9 Å². The van der Waals surface area contributed by atoms with Crippen LogP contribution in [0.1, 0.15) is 0 Å². The summed E-state index contributed by atoms with van der Waals surface area (Å²) in [6.07, 6.45) is 1.06. The average molecular weight is 115 g/mol. The molecular weight excluding hydrogens is 106 g/mol. The number of oxime groups is 1. The van der Waals surface area contributed by atoms with Crippen LogP contribution in [0.4, 0.5) is 0 Å². The normalized spacial score (nSPS) is 9.75. The fraction of sp³-hybridized carbons (Fsp3) is 0.500.